The Labute approximate surface area is 159 Å². The highest BCUT2D eigenvalue weighted by atomic mass is 16.5. The predicted octanol–water partition coefficient (Wildman–Crippen LogP) is 2.42. The number of aliphatic imine (C=N–C) groups is 1. The fraction of sp³-hybridized carbons (Fsp3) is 0.650. The standard InChI is InChI=1S/C20H36N4O2/c1-7-24(8-2)17(4)14-22-20(21-5)23-15-18-10-9-16(3)13-19(18)26-12-11-25-6/h9-10,13,17H,7-8,11-12,14-15H2,1-6H3,(H2,21,22,23). The molecule has 6 nitrogen and oxygen atoms in total. The zero-order valence-electron chi connectivity index (χ0n) is 17.3. The fourth-order valence-electron chi connectivity index (χ4n) is 2.80. The van der Waals surface area contributed by atoms with Crippen molar-refractivity contribution in [3.8, 4) is 5.75 Å². The summed E-state index contributed by atoms with van der Waals surface area (Å²) in [6.07, 6.45) is 0. The van der Waals surface area contributed by atoms with Crippen molar-refractivity contribution in [3.63, 3.8) is 0 Å². The maximum Gasteiger partial charge on any atom is 0.191 e. The summed E-state index contributed by atoms with van der Waals surface area (Å²) in [6.45, 7) is 13.4. The van der Waals surface area contributed by atoms with E-state index in [9.17, 15) is 0 Å². The molecule has 0 aromatic heterocycles. The Hall–Kier alpha value is -1.79. The lowest BCUT2D eigenvalue weighted by atomic mass is 10.1. The van der Waals surface area contributed by atoms with Crippen LogP contribution >= 0.6 is 0 Å². The smallest absolute Gasteiger partial charge is 0.191 e. The average Bonchev–Trinajstić information content (AvgIpc) is 2.64. The van der Waals surface area contributed by atoms with Crippen LogP contribution < -0.4 is 15.4 Å². The third-order valence-corrected chi connectivity index (χ3v) is 4.44. The van der Waals surface area contributed by atoms with E-state index in [0.717, 1.165) is 36.9 Å². The maximum absolute atomic E-state index is 5.85. The molecule has 0 aliphatic rings. The molecule has 0 radical (unpaired) electrons. The first-order chi connectivity index (χ1) is 12.5. The van der Waals surface area contributed by atoms with Crippen LogP contribution in [0.1, 0.15) is 31.9 Å². The molecule has 0 amide bonds. The first-order valence-corrected chi connectivity index (χ1v) is 9.45. The van der Waals surface area contributed by atoms with Crippen LogP contribution in [0.15, 0.2) is 23.2 Å². The Bertz CT molecular complexity index is 545. The van der Waals surface area contributed by atoms with Gasteiger partial charge in [-0.15, -0.1) is 0 Å². The normalized spacial score (nSPS) is 13.0. The predicted molar refractivity (Wildman–Crippen MR) is 109 cm³/mol. The fourth-order valence-corrected chi connectivity index (χ4v) is 2.80. The quantitative estimate of drug-likeness (QED) is 0.359. The largest absolute Gasteiger partial charge is 0.491 e. The zero-order chi connectivity index (χ0) is 19.4. The third-order valence-electron chi connectivity index (χ3n) is 4.44. The molecule has 1 rings (SSSR count). The van der Waals surface area contributed by atoms with E-state index in [1.807, 2.05) is 0 Å². The molecule has 0 heterocycles. The molecule has 1 atom stereocenters. The molecule has 0 aliphatic heterocycles. The number of nitrogens with zero attached hydrogens (tertiary/aromatic N) is 2. The molecule has 1 aromatic rings. The number of hydrogen-bond donors (Lipinski definition) is 2. The lowest BCUT2D eigenvalue weighted by Crippen LogP contribution is -2.45. The summed E-state index contributed by atoms with van der Waals surface area (Å²) in [5.41, 5.74) is 2.28. The molecule has 2 N–H and O–H groups in total. The van der Waals surface area contributed by atoms with Crippen molar-refractivity contribution >= 4 is 5.96 Å². The zero-order valence-corrected chi connectivity index (χ0v) is 17.3. The Kier molecular flexibility index (Phi) is 10.7. The van der Waals surface area contributed by atoms with E-state index >= 15 is 0 Å². The molecule has 0 saturated carbocycles. The summed E-state index contributed by atoms with van der Waals surface area (Å²) >= 11 is 0. The van der Waals surface area contributed by atoms with Crippen molar-refractivity contribution < 1.29 is 9.47 Å². The highest BCUT2D eigenvalue weighted by Gasteiger charge is 2.11. The van der Waals surface area contributed by atoms with Crippen molar-refractivity contribution in [3.05, 3.63) is 29.3 Å². The molecule has 1 unspecified atom stereocenters. The Balaban J connectivity index is 2.60. The summed E-state index contributed by atoms with van der Waals surface area (Å²) in [5.74, 6) is 1.69. The second-order valence-corrected chi connectivity index (χ2v) is 6.33. The van der Waals surface area contributed by atoms with Crippen LogP contribution in [0.3, 0.4) is 0 Å². The molecule has 0 spiro atoms. The monoisotopic (exact) mass is 364 g/mol. The van der Waals surface area contributed by atoms with Crippen LogP contribution in [-0.4, -0.2) is 63.9 Å². The number of ether oxygens (including phenoxy) is 2. The van der Waals surface area contributed by atoms with Gasteiger partial charge in [0.05, 0.1) is 6.61 Å². The van der Waals surface area contributed by atoms with E-state index in [2.05, 4.69) is 66.4 Å². The van der Waals surface area contributed by atoms with Gasteiger partial charge in [0.1, 0.15) is 12.4 Å². The van der Waals surface area contributed by atoms with Gasteiger partial charge < -0.3 is 20.1 Å². The topological polar surface area (TPSA) is 58.1 Å². The number of rotatable bonds is 11. The van der Waals surface area contributed by atoms with Crippen LogP contribution in [0.5, 0.6) is 5.75 Å². The minimum Gasteiger partial charge on any atom is -0.491 e. The van der Waals surface area contributed by atoms with Gasteiger partial charge in [0.25, 0.3) is 0 Å². The maximum atomic E-state index is 5.85. The van der Waals surface area contributed by atoms with E-state index in [0.29, 0.717) is 25.8 Å². The first-order valence-electron chi connectivity index (χ1n) is 9.45. The van der Waals surface area contributed by atoms with Crippen molar-refractivity contribution in [2.24, 2.45) is 4.99 Å². The first kappa shape index (κ1) is 22.3. The second kappa shape index (κ2) is 12.5. The van der Waals surface area contributed by atoms with E-state index in [1.54, 1.807) is 14.2 Å². The Morgan fingerprint density at radius 1 is 1.19 bits per heavy atom. The molecule has 1 aromatic carbocycles. The molecule has 26 heavy (non-hydrogen) atoms. The molecular formula is C20H36N4O2. The molecule has 0 fully saturated rings. The summed E-state index contributed by atoms with van der Waals surface area (Å²) in [4.78, 5) is 6.74. The van der Waals surface area contributed by atoms with Crippen LogP contribution in [0.2, 0.25) is 0 Å². The number of methoxy groups -OCH3 is 1. The second-order valence-electron chi connectivity index (χ2n) is 6.33. The van der Waals surface area contributed by atoms with Crippen molar-refractivity contribution in [1.82, 2.24) is 15.5 Å². The van der Waals surface area contributed by atoms with Gasteiger partial charge in [0, 0.05) is 38.9 Å². The lowest BCUT2D eigenvalue weighted by molar-refractivity contribution is 0.145. The Morgan fingerprint density at radius 3 is 2.54 bits per heavy atom. The number of aryl methyl sites for hydroxylation is 1. The van der Waals surface area contributed by atoms with E-state index in [-0.39, 0.29) is 0 Å². The van der Waals surface area contributed by atoms with Gasteiger partial charge in [-0.25, -0.2) is 0 Å². The van der Waals surface area contributed by atoms with Gasteiger partial charge in [-0.2, -0.15) is 0 Å². The van der Waals surface area contributed by atoms with E-state index < -0.39 is 0 Å². The van der Waals surface area contributed by atoms with E-state index in [4.69, 9.17) is 9.47 Å². The van der Waals surface area contributed by atoms with Crippen molar-refractivity contribution in [2.45, 2.75) is 40.3 Å². The molecule has 0 saturated heterocycles. The molecule has 148 valence electrons. The minimum atomic E-state index is 0.455. The van der Waals surface area contributed by atoms with Crippen LogP contribution in [0.25, 0.3) is 0 Å². The van der Waals surface area contributed by atoms with E-state index in [1.165, 1.54) is 5.56 Å². The minimum absolute atomic E-state index is 0.455. The van der Waals surface area contributed by atoms with Crippen LogP contribution in [0, 0.1) is 6.92 Å². The molecular weight excluding hydrogens is 328 g/mol. The van der Waals surface area contributed by atoms with Gasteiger partial charge in [-0.1, -0.05) is 26.0 Å². The van der Waals surface area contributed by atoms with Gasteiger partial charge in [-0.05, 0) is 38.6 Å². The average molecular weight is 365 g/mol. The third kappa shape index (κ3) is 7.62. The number of nitrogens with one attached hydrogen (secondary N) is 2. The Morgan fingerprint density at radius 2 is 1.92 bits per heavy atom. The number of hydrogen-bond acceptors (Lipinski definition) is 4. The van der Waals surface area contributed by atoms with Gasteiger partial charge in [0.15, 0.2) is 5.96 Å². The molecule has 0 bridgehead atoms. The lowest BCUT2D eigenvalue weighted by Gasteiger charge is -2.27. The summed E-state index contributed by atoms with van der Waals surface area (Å²) < 4.78 is 10.9. The van der Waals surface area contributed by atoms with Crippen LogP contribution in [-0.2, 0) is 11.3 Å². The molecule has 0 aliphatic carbocycles. The highest BCUT2D eigenvalue weighted by Crippen LogP contribution is 2.20. The van der Waals surface area contributed by atoms with Gasteiger partial charge in [0.2, 0.25) is 0 Å². The number of benzene rings is 1. The summed E-state index contributed by atoms with van der Waals surface area (Å²) in [5, 5.41) is 6.78. The number of guanidine groups is 1. The van der Waals surface area contributed by atoms with Crippen molar-refractivity contribution in [2.75, 3.05) is 47.0 Å². The van der Waals surface area contributed by atoms with Crippen LogP contribution in [0.4, 0.5) is 0 Å². The summed E-state index contributed by atoms with van der Waals surface area (Å²) in [6, 6.07) is 6.70. The highest BCUT2D eigenvalue weighted by molar-refractivity contribution is 5.79. The summed E-state index contributed by atoms with van der Waals surface area (Å²) in [7, 11) is 3.47. The molecule has 6 heteroatoms. The van der Waals surface area contributed by atoms with Gasteiger partial charge in [-0.3, -0.25) is 9.89 Å². The number of likely N-dealkylation sites (N-methyl/N-ethyl adjacent to an activating group) is 1. The van der Waals surface area contributed by atoms with Gasteiger partial charge >= 0.3 is 0 Å². The SMILES string of the molecule is CCN(CC)C(C)CNC(=NC)NCc1ccc(C)cc1OCCOC. The van der Waals surface area contributed by atoms with Crippen molar-refractivity contribution in [1.29, 1.82) is 0 Å².